The zero-order valence-corrected chi connectivity index (χ0v) is 18.7. The maximum atomic E-state index is 4.95. The summed E-state index contributed by atoms with van der Waals surface area (Å²) in [5.41, 5.74) is 1.46. The van der Waals surface area contributed by atoms with Crippen LogP contribution < -0.4 is 5.32 Å². The van der Waals surface area contributed by atoms with Gasteiger partial charge in [0.25, 0.3) is 0 Å². The maximum absolute atomic E-state index is 4.95. The van der Waals surface area contributed by atoms with Gasteiger partial charge in [0.05, 0.1) is 0 Å². The third kappa shape index (κ3) is 6.12. The van der Waals surface area contributed by atoms with Crippen molar-refractivity contribution in [2.75, 3.05) is 46.3 Å². The molecule has 1 aromatic rings. The van der Waals surface area contributed by atoms with E-state index in [2.05, 4.69) is 59.4 Å². The van der Waals surface area contributed by atoms with Crippen LogP contribution in [0.3, 0.4) is 0 Å². The second kappa shape index (κ2) is 11.1. The van der Waals surface area contributed by atoms with Crippen molar-refractivity contribution in [1.82, 2.24) is 15.1 Å². The Morgan fingerprint density at radius 1 is 1.12 bits per heavy atom. The molecule has 0 radical (unpaired) electrons. The van der Waals surface area contributed by atoms with E-state index >= 15 is 0 Å². The lowest BCUT2D eigenvalue weighted by molar-refractivity contribution is 0.214. The summed E-state index contributed by atoms with van der Waals surface area (Å²) >= 11 is 0. The molecule has 26 heavy (non-hydrogen) atoms. The fourth-order valence-electron chi connectivity index (χ4n) is 4.08. The third-order valence-corrected chi connectivity index (χ3v) is 5.73. The molecule has 2 saturated heterocycles. The molecule has 0 aromatic heterocycles. The monoisotopic (exact) mass is 470 g/mol. The predicted molar refractivity (Wildman–Crippen MR) is 122 cm³/mol. The van der Waals surface area contributed by atoms with Crippen molar-refractivity contribution in [3.05, 3.63) is 35.9 Å². The predicted octanol–water partition coefficient (Wildman–Crippen LogP) is 3.79. The van der Waals surface area contributed by atoms with Gasteiger partial charge in [-0.1, -0.05) is 30.3 Å². The Morgan fingerprint density at radius 3 is 2.54 bits per heavy atom. The van der Waals surface area contributed by atoms with Gasteiger partial charge in [0.2, 0.25) is 0 Å². The highest BCUT2D eigenvalue weighted by molar-refractivity contribution is 14.0. The smallest absolute Gasteiger partial charge is 0.193 e. The summed E-state index contributed by atoms with van der Waals surface area (Å²) in [7, 11) is 2.23. The molecule has 0 amide bonds. The minimum atomic E-state index is 0. The average molecular weight is 470 g/mol. The highest BCUT2D eigenvalue weighted by Gasteiger charge is 2.26. The largest absolute Gasteiger partial charge is 0.357 e. The SMILES string of the molecule is CCNC(=NCCC1CCN(C)CC1)N1CCC(c2ccccc2)C1.I. The van der Waals surface area contributed by atoms with Crippen molar-refractivity contribution < 1.29 is 0 Å². The number of guanidine groups is 1. The second-order valence-electron chi connectivity index (χ2n) is 7.61. The molecule has 1 aromatic carbocycles. The number of rotatable bonds is 5. The van der Waals surface area contributed by atoms with Crippen molar-refractivity contribution in [1.29, 1.82) is 0 Å². The van der Waals surface area contributed by atoms with E-state index in [9.17, 15) is 0 Å². The molecular weight excluding hydrogens is 435 g/mol. The highest BCUT2D eigenvalue weighted by atomic mass is 127. The Morgan fingerprint density at radius 2 is 1.85 bits per heavy atom. The molecular formula is C21H35IN4. The Bertz CT molecular complexity index is 540. The number of nitrogens with one attached hydrogen (secondary N) is 1. The molecule has 2 fully saturated rings. The normalized spacial score (nSPS) is 22.3. The van der Waals surface area contributed by atoms with Gasteiger partial charge in [0.15, 0.2) is 5.96 Å². The number of piperidine rings is 1. The molecule has 0 bridgehead atoms. The number of likely N-dealkylation sites (tertiary alicyclic amines) is 2. The number of halogens is 1. The number of nitrogens with zero attached hydrogens (tertiary/aromatic N) is 3. The summed E-state index contributed by atoms with van der Waals surface area (Å²) in [5, 5.41) is 3.51. The van der Waals surface area contributed by atoms with Crippen molar-refractivity contribution >= 4 is 29.9 Å². The van der Waals surface area contributed by atoms with E-state index in [1.165, 1.54) is 44.3 Å². The van der Waals surface area contributed by atoms with Crippen molar-refractivity contribution in [3.8, 4) is 0 Å². The van der Waals surface area contributed by atoms with Crippen LogP contribution in [0.1, 0.15) is 44.1 Å². The standard InChI is InChI=1S/C21H34N4.HI/c1-3-22-21(23-13-9-18-10-14-24(2)15-11-18)25-16-12-20(17-25)19-7-5-4-6-8-19;/h4-8,18,20H,3,9-17H2,1-2H3,(H,22,23);1H. The van der Waals surface area contributed by atoms with Crippen LogP contribution in [0.2, 0.25) is 0 Å². The summed E-state index contributed by atoms with van der Waals surface area (Å²) in [4.78, 5) is 9.85. The van der Waals surface area contributed by atoms with E-state index in [4.69, 9.17) is 4.99 Å². The average Bonchev–Trinajstić information content (AvgIpc) is 3.13. The van der Waals surface area contributed by atoms with Crippen molar-refractivity contribution in [3.63, 3.8) is 0 Å². The van der Waals surface area contributed by atoms with E-state index < -0.39 is 0 Å². The lowest BCUT2D eigenvalue weighted by Gasteiger charge is -2.28. The van der Waals surface area contributed by atoms with Crippen LogP contribution in [0.15, 0.2) is 35.3 Å². The summed E-state index contributed by atoms with van der Waals surface area (Å²) in [6.45, 7) is 8.77. The Hall–Kier alpha value is -0.820. The molecule has 1 unspecified atom stereocenters. The zero-order chi connectivity index (χ0) is 17.5. The van der Waals surface area contributed by atoms with Crippen LogP contribution in [-0.4, -0.2) is 62.1 Å². The molecule has 2 heterocycles. The third-order valence-electron chi connectivity index (χ3n) is 5.73. The molecule has 0 saturated carbocycles. The van der Waals surface area contributed by atoms with E-state index in [0.717, 1.165) is 38.1 Å². The van der Waals surface area contributed by atoms with Gasteiger partial charge in [-0.2, -0.15) is 0 Å². The van der Waals surface area contributed by atoms with Crippen LogP contribution in [-0.2, 0) is 0 Å². The van der Waals surface area contributed by atoms with E-state index in [-0.39, 0.29) is 24.0 Å². The molecule has 3 rings (SSSR count). The number of hydrogen-bond acceptors (Lipinski definition) is 2. The van der Waals surface area contributed by atoms with Crippen molar-refractivity contribution in [2.24, 2.45) is 10.9 Å². The summed E-state index contributed by atoms with van der Waals surface area (Å²) < 4.78 is 0. The summed E-state index contributed by atoms with van der Waals surface area (Å²) in [6.07, 6.45) is 5.13. The van der Waals surface area contributed by atoms with Crippen LogP contribution in [0.25, 0.3) is 0 Å². The molecule has 5 heteroatoms. The maximum Gasteiger partial charge on any atom is 0.193 e. The molecule has 1 atom stereocenters. The molecule has 146 valence electrons. The number of hydrogen-bond donors (Lipinski definition) is 1. The van der Waals surface area contributed by atoms with Crippen LogP contribution in [0, 0.1) is 5.92 Å². The lowest BCUT2D eigenvalue weighted by Crippen LogP contribution is -2.40. The molecule has 1 N–H and O–H groups in total. The first-order valence-electron chi connectivity index (χ1n) is 10.0. The van der Waals surface area contributed by atoms with Gasteiger partial charge < -0.3 is 15.1 Å². The molecule has 0 spiro atoms. The Kier molecular flexibility index (Phi) is 9.19. The van der Waals surface area contributed by atoms with Crippen molar-refractivity contribution in [2.45, 2.75) is 38.5 Å². The minimum absolute atomic E-state index is 0. The van der Waals surface area contributed by atoms with Crippen LogP contribution in [0.4, 0.5) is 0 Å². The summed E-state index contributed by atoms with van der Waals surface area (Å²) in [5.74, 6) is 2.62. The van der Waals surface area contributed by atoms with Gasteiger partial charge in [-0.25, -0.2) is 0 Å². The van der Waals surface area contributed by atoms with Gasteiger partial charge in [-0.05, 0) is 64.2 Å². The Labute approximate surface area is 176 Å². The lowest BCUT2D eigenvalue weighted by atomic mass is 9.94. The fourth-order valence-corrected chi connectivity index (χ4v) is 4.08. The summed E-state index contributed by atoms with van der Waals surface area (Å²) in [6, 6.07) is 10.9. The van der Waals surface area contributed by atoms with Gasteiger partial charge in [0.1, 0.15) is 0 Å². The van der Waals surface area contributed by atoms with E-state index in [0.29, 0.717) is 5.92 Å². The topological polar surface area (TPSA) is 30.9 Å². The quantitative estimate of drug-likeness (QED) is 0.404. The fraction of sp³-hybridized carbons (Fsp3) is 0.667. The molecule has 2 aliphatic rings. The van der Waals surface area contributed by atoms with E-state index in [1.807, 2.05) is 0 Å². The van der Waals surface area contributed by atoms with E-state index in [1.54, 1.807) is 0 Å². The highest BCUT2D eigenvalue weighted by Crippen LogP contribution is 2.27. The zero-order valence-electron chi connectivity index (χ0n) is 16.4. The molecule has 2 aliphatic heterocycles. The van der Waals surface area contributed by atoms with Gasteiger partial charge in [-0.15, -0.1) is 24.0 Å². The first-order valence-corrected chi connectivity index (χ1v) is 10.0. The van der Waals surface area contributed by atoms with Gasteiger partial charge >= 0.3 is 0 Å². The van der Waals surface area contributed by atoms with Gasteiger partial charge in [0, 0.05) is 32.1 Å². The second-order valence-corrected chi connectivity index (χ2v) is 7.61. The number of aliphatic imine (C=N–C) groups is 1. The number of benzene rings is 1. The first-order chi connectivity index (χ1) is 12.3. The van der Waals surface area contributed by atoms with Gasteiger partial charge in [-0.3, -0.25) is 4.99 Å². The Balaban J connectivity index is 0.00000243. The minimum Gasteiger partial charge on any atom is -0.357 e. The molecule has 0 aliphatic carbocycles. The first kappa shape index (κ1) is 21.5. The van der Waals surface area contributed by atoms with Crippen LogP contribution in [0.5, 0.6) is 0 Å². The van der Waals surface area contributed by atoms with Crippen LogP contribution >= 0.6 is 24.0 Å². The molecule has 4 nitrogen and oxygen atoms in total.